The number of nitrogens with zero attached hydrogens (tertiary/aromatic N) is 2. The molecule has 0 spiro atoms. The highest BCUT2D eigenvalue weighted by Gasteiger charge is 2.19. The number of carbonyl (C=O) groups is 1. The van der Waals surface area contributed by atoms with Crippen LogP contribution in [0.1, 0.15) is 34.7 Å². The molecule has 0 saturated carbocycles. The summed E-state index contributed by atoms with van der Waals surface area (Å²) in [5.41, 5.74) is 4.74. The number of hydrogen-bond acceptors (Lipinski definition) is 5. The molecule has 136 valence electrons. The van der Waals surface area contributed by atoms with Crippen molar-refractivity contribution in [2.24, 2.45) is 10.3 Å². The molecule has 0 aromatic heterocycles. The molecule has 0 atom stereocenters. The molecule has 0 bridgehead atoms. The van der Waals surface area contributed by atoms with Gasteiger partial charge < -0.3 is 14.8 Å². The maximum absolute atomic E-state index is 11.5. The van der Waals surface area contributed by atoms with Crippen LogP contribution in [0.3, 0.4) is 0 Å². The van der Waals surface area contributed by atoms with Crippen LogP contribution in [0.4, 0.5) is 0 Å². The maximum Gasteiger partial charge on any atom is 0.358 e. The molecule has 0 aliphatic heterocycles. The van der Waals surface area contributed by atoms with Gasteiger partial charge in [-0.15, -0.1) is 0 Å². The summed E-state index contributed by atoms with van der Waals surface area (Å²) in [7, 11) is 1.31. The zero-order valence-corrected chi connectivity index (χ0v) is 15.3. The predicted molar refractivity (Wildman–Crippen MR) is 101 cm³/mol. The number of carboxylic acid groups (broad SMARTS) is 1. The van der Waals surface area contributed by atoms with Crippen molar-refractivity contribution in [1.29, 1.82) is 0 Å². The van der Waals surface area contributed by atoms with E-state index in [1.54, 1.807) is 12.1 Å². The quantitative estimate of drug-likeness (QED) is 0.607. The highest BCUT2D eigenvalue weighted by atomic mass is 16.6. The highest BCUT2D eigenvalue weighted by molar-refractivity contribution is 6.42. The highest BCUT2D eigenvalue weighted by Crippen LogP contribution is 2.18. The lowest BCUT2D eigenvalue weighted by Gasteiger charge is -2.11. The lowest BCUT2D eigenvalue weighted by molar-refractivity contribution is -0.129. The predicted octanol–water partition coefficient (Wildman–Crippen LogP) is 3.68. The van der Waals surface area contributed by atoms with Crippen molar-refractivity contribution in [3.8, 4) is 0 Å². The van der Waals surface area contributed by atoms with Crippen molar-refractivity contribution in [2.45, 2.75) is 27.4 Å². The van der Waals surface area contributed by atoms with Crippen LogP contribution in [0.25, 0.3) is 0 Å². The van der Waals surface area contributed by atoms with Gasteiger partial charge in [0.1, 0.15) is 13.7 Å². The number of rotatable bonds is 7. The first-order chi connectivity index (χ1) is 12.4. The molecule has 1 N–H and O–H groups in total. The van der Waals surface area contributed by atoms with E-state index < -0.39 is 5.97 Å². The van der Waals surface area contributed by atoms with E-state index in [-0.39, 0.29) is 12.3 Å². The summed E-state index contributed by atoms with van der Waals surface area (Å²) in [6.45, 7) is 5.89. The Morgan fingerprint density at radius 3 is 2.38 bits per heavy atom. The normalized spacial score (nSPS) is 12.0. The largest absolute Gasteiger partial charge is 0.476 e. The van der Waals surface area contributed by atoms with Crippen molar-refractivity contribution in [3.05, 3.63) is 70.3 Å². The second-order valence-corrected chi connectivity index (χ2v) is 5.84. The first kappa shape index (κ1) is 19.2. The average molecular weight is 354 g/mol. The van der Waals surface area contributed by atoms with Gasteiger partial charge in [-0.25, -0.2) is 4.79 Å². The van der Waals surface area contributed by atoms with Gasteiger partial charge in [0.05, 0.1) is 5.71 Å². The number of aryl methyl sites for hydroxylation is 2. The van der Waals surface area contributed by atoms with E-state index in [2.05, 4.69) is 15.1 Å². The third-order valence-corrected chi connectivity index (χ3v) is 3.93. The van der Waals surface area contributed by atoms with E-state index in [4.69, 9.17) is 4.84 Å². The lowest BCUT2D eigenvalue weighted by atomic mass is 9.99. The third kappa shape index (κ3) is 4.69. The number of oxime groups is 2. The topological polar surface area (TPSA) is 80.5 Å². The Morgan fingerprint density at radius 2 is 1.77 bits per heavy atom. The SMILES string of the molecule is CO/N=C(/C(=O)O)c1cccc(C)c1CO/N=C(\C)c1ccc(C)cc1. The van der Waals surface area contributed by atoms with Gasteiger partial charge in [0.2, 0.25) is 0 Å². The molecule has 2 aromatic carbocycles. The minimum atomic E-state index is -1.17. The Labute approximate surface area is 152 Å². The summed E-state index contributed by atoms with van der Waals surface area (Å²) in [4.78, 5) is 21.6. The van der Waals surface area contributed by atoms with E-state index in [0.717, 1.165) is 16.8 Å². The molecule has 6 heteroatoms. The summed E-state index contributed by atoms with van der Waals surface area (Å²) >= 11 is 0. The standard InChI is InChI=1S/C20H22N2O4/c1-13-8-10-16(11-9-13)15(3)21-26-12-18-14(2)6-5-7-17(18)19(20(23)24)22-25-4/h5-11H,12H2,1-4H3,(H,23,24)/b21-15+,22-19+. The summed E-state index contributed by atoms with van der Waals surface area (Å²) in [5, 5.41) is 17.1. The molecular formula is C20H22N2O4. The molecule has 2 aromatic rings. The fourth-order valence-corrected chi connectivity index (χ4v) is 2.45. The van der Waals surface area contributed by atoms with Crippen LogP contribution in [-0.4, -0.2) is 29.6 Å². The van der Waals surface area contributed by atoms with Crippen molar-refractivity contribution < 1.29 is 19.6 Å². The van der Waals surface area contributed by atoms with Gasteiger partial charge >= 0.3 is 5.97 Å². The molecule has 6 nitrogen and oxygen atoms in total. The van der Waals surface area contributed by atoms with Gasteiger partial charge in [-0.1, -0.05) is 58.3 Å². The molecule has 0 heterocycles. The van der Waals surface area contributed by atoms with Crippen LogP contribution in [-0.2, 0) is 21.1 Å². The lowest BCUT2D eigenvalue weighted by Crippen LogP contribution is -2.18. The number of benzene rings is 2. The van der Waals surface area contributed by atoms with Crippen LogP contribution in [0.5, 0.6) is 0 Å². The van der Waals surface area contributed by atoms with Crippen molar-refractivity contribution in [2.75, 3.05) is 7.11 Å². The van der Waals surface area contributed by atoms with E-state index >= 15 is 0 Å². The first-order valence-corrected chi connectivity index (χ1v) is 8.11. The molecule has 0 aliphatic rings. The van der Waals surface area contributed by atoms with Crippen LogP contribution < -0.4 is 0 Å². The van der Waals surface area contributed by atoms with Gasteiger partial charge in [0, 0.05) is 11.1 Å². The monoisotopic (exact) mass is 354 g/mol. The van der Waals surface area contributed by atoms with Crippen LogP contribution in [0.2, 0.25) is 0 Å². The summed E-state index contributed by atoms with van der Waals surface area (Å²) in [6, 6.07) is 13.3. The van der Waals surface area contributed by atoms with Gasteiger partial charge in [-0.3, -0.25) is 0 Å². The summed E-state index contributed by atoms with van der Waals surface area (Å²) < 4.78 is 0. The second-order valence-electron chi connectivity index (χ2n) is 5.84. The Morgan fingerprint density at radius 1 is 1.08 bits per heavy atom. The summed E-state index contributed by atoms with van der Waals surface area (Å²) in [6.07, 6.45) is 0. The van der Waals surface area contributed by atoms with Crippen molar-refractivity contribution >= 4 is 17.4 Å². The molecule has 2 rings (SSSR count). The molecule has 26 heavy (non-hydrogen) atoms. The Balaban J connectivity index is 2.24. The summed E-state index contributed by atoms with van der Waals surface area (Å²) in [5.74, 6) is -1.17. The first-order valence-electron chi connectivity index (χ1n) is 8.11. The average Bonchev–Trinajstić information content (AvgIpc) is 2.61. The second kappa shape index (κ2) is 8.80. The minimum Gasteiger partial charge on any atom is -0.476 e. The number of carboxylic acids is 1. The van der Waals surface area contributed by atoms with E-state index in [1.165, 1.54) is 12.7 Å². The zero-order valence-electron chi connectivity index (χ0n) is 15.3. The smallest absolute Gasteiger partial charge is 0.358 e. The van der Waals surface area contributed by atoms with Gasteiger partial charge in [0.25, 0.3) is 0 Å². The van der Waals surface area contributed by atoms with Crippen molar-refractivity contribution in [1.82, 2.24) is 0 Å². The van der Waals surface area contributed by atoms with Crippen molar-refractivity contribution in [3.63, 3.8) is 0 Å². The van der Waals surface area contributed by atoms with Gasteiger partial charge in [-0.2, -0.15) is 0 Å². The molecule has 0 radical (unpaired) electrons. The Bertz CT molecular complexity index is 839. The number of hydrogen-bond donors (Lipinski definition) is 1. The van der Waals surface area contributed by atoms with Crippen LogP contribution in [0.15, 0.2) is 52.8 Å². The van der Waals surface area contributed by atoms with E-state index in [0.29, 0.717) is 11.1 Å². The number of aliphatic carboxylic acids is 1. The molecule has 0 amide bonds. The van der Waals surface area contributed by atoms with E-state index in [9.17, 15) is 9.90 Å². The zero-order chi connectivity index (χ0) is 19.1. The fourth-order valence-electron chi connectivity index (χ4n) is 2.45. The molecule has 0 unspecified atom stereocenters. The molecule has 0 saturated heterocycles. The fraction of sp³-hybridized carbons (Fsp3) is 0.250. The minimum absolute atomic E-state index is 0.126. The Hall–Kier alpha value is -3.15. The Kier molecular flexibility index (Phi) is 6.49. The maximum atomic E-state index is 11.5. The molecule has 0 fully saturated rings. The van der Waals surface area contributed by atoms with Gasteiger partial charge in [0.15, 0.2) is 5.71 Å². The van der Waals surface area contributed by atoms with E-state index in [1.807, 2.05) is 51.1 Å². The van der Waals surface area contributed by atoms with Gasteiger partial charge in [-0.05, 0) is 31.9 Å². The molecule has 0 aliphatic carbocycles. The third-order valence-electron chi connectivity index (χ3n) is 3.93. The van der Waals surface area contributed by atoms with Crippen LogP contribution in [0, 0.1) is 13.8 Å². The van der Waals surface area contributed by atoms with Crippen LogP contribution >= 0.6 is 0 Å². The molecular weight excluding hydrogens is 332 g/mol.